The van der Waals surface area contributed by atoms with Crippen LogP contribution >= 0.6 is 11.3 Å². The fraction of sp³-hybridized carbons (Fsp3) is 0.636. The van der Waals surface area contributed by atoms with Crippen LogP contribution in [0.2, 0.25) is 0 Å². The summed E-state index contributed by atoms with van der Waals surface area (Å²) in [6.45, 7) is 4.83. The number of sulfonamides is 1. The van der Waals surface area contributed by atoms with Crippen molar-refractivity contribution in [2.24, 2.45) is 11.7 Å². The van der Waals surface area contributed by atoms with Crippen molar-refractivity contribution in [2.75, 3.05) is 20.3 Å². The maximum Gasteiger partial charge on any atom is 0.241 e. The molecule has 1 rings (SSSR count). The molecule has 1 atom stereocenters. The van der Waals surface area contributed by atoms with Crippen molar-refractivity contribution in [3.8, 4) is 0 Å². The molecule has 0 aliphatic heterocycles. The summed E-state index contributed by atoms with van der Waals surface area (Å²) in [7, 11) is -1.88. The van der Waals surface area contributed by atoms with Crippen molar-refractivity contribution >= 4 is 21.4 Å². The third kappa shape index (κ3) is 3.76. The average molecular weight is 292 g/mol. The quantitative estimate of drug-likeness (QED) is 0.788. The molecule has 0 amide bonds. The minimum absolute atomic E-state index is 0.130. The SMILES string of the molecule is COCC(C)CNS(=O)(=O)c1c(C)csc1CN. The number of hydrogen-bond acceptors (Lipinski definition) is 5. The van der Waals surface area contributed by atoms with Crippen LogP contribution in [0.4, 0.5) is 0 Å². The summed E-state index contributed by atoms with van der Waals surface area (Å²) >= 11 is 1.38. The van der Waals surface area contributed by atoms with E-state index < -0.39 is 10.0 Å². The minimum Gasteiger partial charge on any atom is -0.384 e. The molecule has 5 nitrogen and oxygen atoms in total. The highest BCUT2D eigenvalue weighted by Crippen LogP contribution is 2.26. The van der Waals surface area contributed by atoms with E-state index in [0.29, 0.717) is 22.9 Å². The molecule has 0 aliphatic rings. The van der Waals surface area contributed by atoms with Gasteiger partial charge in [0.2, 0.25) is 10.0 Å². The number of methoxy groups -OCH3 is 1. The molecule has 1 aromatic heterocycles. The van der Waals surface area contributed by atoms with Gasteiger partial charge in [-0.2, -0.15) is 0 Å². The van der Waals surface area contributed by atoms with Crippen molar-refractivity contribution in [3.63, 3.8) is 0 Å². The first-order valence-corrected chi connectivity index (χ1v) is 8.04. The molecule has 0 spiro atoms. The van der Waals surface area contributed by atoms with Crippen molar-refractivity contribution < 1.29 is 13.2 Å². The van der Waals surface area contributed by atoms with Gasteiger partial charge in [-0.25, -0.2) is 13.1 Å². The van der Waals surface area contributed by atoms with E-state index in [9.17, 15) is 8.42 Å². The standard InChI is InChI=1S/C11H20N2O3S2/c1-8(6-16-3)5-13-18(14,15)11-9(2)7-17-10(11)4-12/h7-8,13H,4-6,12H2,1-3H3. The Hall–Kier alpha value is -0.470. The second-order valence-electron chi connectivity index (χ2n) is 4.29. The molecule has 0 saturated carbocycles. The van der Waals surface area contributed by atoms with Gasteiger partial charge in [-0.05, 0) is 23.8 Å². The van der Waals surface area contributed by atoms with Crippen LogP contribution in [0.3, 0.4) is 0 Å². The molecule has 1 heterocycles. The van der Waals surface area contributed by atoms with Crippen LogP contribution in [0, 0.1) is 12.8 Å². The Morgan fingerprint density at radius 1 is 1.56 bits per heavy atom. The van der Waals surface area contributed by atoms with Gasteiger partial charge in [0.1, 0.15) is 4.90 Å². The van der Waals surface area contributed by atoms with Gasteiger partial charge in [0, 0.05) is 31.7 Å². The zero-order valence-corrected chi connectivity index (χ0v) is 12.5. The number of thiophene rings is 1. The Morgan fingerprint density at radius 2 is 2.22 bits per heavy atom. The predicted octanol–water partition coefficient (Wildman–Crippen LogP) is 1.08. The smallest absolute Gasteiger partial charge is 0.241 e. The molecule has 1 aromatic rings. The van der Waals surface area contributed by atoms with Crippen LogP contribution in [0.1, 0.15) is 17.4 Å². The van der Waals surface area contributed by atoms with Crippen LogP contribution in [-0.2, 0) is 21.3 Å². The zero-order valence-electron chi connectivity index (χ0n) is 10.9. The van der Waals surface area contributed by atoms with E-state index in [1.807, 2.05) is 12.3 Å². The van der Waals surface area contributed by atoms with Crippen molar-refractivity contribution in [1.29, 1.82) is 0 Å². The summed E-state index contributed by atoms with van der Waals surface area (Å²) in [6, 6.07) is 0. The lowest BCUT2D eigenvalue weighted by Crippen LogP contribution is -2.30. The third-order valence-electron chi connectivity index (χ3n) is 2.52. The van der Waals surface area contributed by atoms with Gasteiger partial charge in [-0.3, -0.25) is 0 Å². The molecule has 0 aromatic carbocycles. The number of hydrogen-bond donors (Lipinski definition) is 2. The van der Waals surface area contributed by atoms with Crippen LogP contribution in [0.5, 0.6) is 0 Å². The van der Waals surface area contributed by atoms with E-state index in [0.717, 1.165) is 5.56 Å². The maximum atomic E-state index is 12.2. The lowest BCUT2D eigenvalue weighted by Gasteiger charge is -2.12. The molecular weight excluding hydrogens is 272 g/mol. The van der Waals surface area contributed by atoms with Crippen molar-refractivity contribution in [2.45, 2.75) is 25.3 Å². The summed E-state index contributed by atoms with van der Waals surface area (Å²) in [5.41, 5.74) is 6.31. The molecule has 104 valence electrons. The summed E-state index contributed by atoms with van der Waals surface area (Å²) in [4.78, 5) is 1.03. The third-order valence-corrected chi connectivity index (χ3v) is 5.42. The maximum absolute atomic E-state index is 12.2. The van der Waals surface area contributed by atoms with Crippen LogP contribution < -0.4 is 10.5 Å². The Kier molecular flexibility index (Phi) is 5.74. The van der Waals surface area contributed by atoms with Crippen LogP contribution in [0.25, 0.3) is 0 Å². The van der Waals surface area contributed by atoms with Gasteiger partial charge >= 0.3 is 0 Å². The highest BCUT2D eigenvalue weighted by atomic mass is 32.2. The van der Waals surface area contributed by atoms with Crippen molar-refractivity contribution in [1.82, 2.24) is 4.72 Å². The normalized spacial score (nSPS) is 13.8. The number of aryl methyl sites for hydroxylation is 1. The Labute approximate surface area is 112 Å². The highest BCUT2D eigenvalue weighted by Gasteiger charge is 2.22. The van der Waals surface area contributed by atoms with E-state index in [1.165, 1.54) is 11.3 Å². The largest absolute Gasteiger partial charge is 0.384 e. The number of nitrogens with one attached hydrogen (secondary N) is 1. The van der Waals surface area contributed by atoms with Gasteiger partial charge in [0.25, 0.3) is 0 Å². The second kappa shape index (κ2) is 6.63. The van der Waals surface area contributed by atoms with Gasteiger partial charge in [-0.15, -0.1) is 11.3 Å². The molecule has 7 heteroatoms. The van der Waals surface area contributed by atoms with Crippen LogP contribution in [0.15, 0.2) is 10.3 Å². The zero-order chi connectivity index (χ0) is 13.8. The minimum atomic E-state index is -3.48. The van der Waals surface area contributed by atoms with Gasteiger partial charge in [0.15, 0.2) is 0 Å². The van der Waals surface area contributed by atoms with E-state index >= 15 is 0 Å². The number of nitrogens with two attached hydrogens (primary N) is 1. The average Bonchev–Trinajstić information content (AvgIpc) is 2.69. The molecule has 0 aliphatic carbocycles. The molecule has 3 N–H and O–H groups in total. The van der Waals surface area contributed by atoms with E-state index in [2.05, 4.69) is 4.72 Å². The molecule has 0 fully saturated rings. The van der Waals surface area contributed by atoms with Gasteiger partial charge in [-0.1, -0.05) is 6.92 Å². The highest BCUT2D eigenvalue weighted by molar-refractivity contribution is 7.89. The predicted molar refractivity (Wildman–Crippen MR) is 73.2 cm³/mol. The van der Waals surface area contributed by atoms with E-state index in [-0.39, 0.29) is 12.5 Å². The molecule has 0 radical (unpaired) electrons. The Morgan fingerprint density at radius 3 is 2.78 bits per heavy atom. The first kappa shape index (κ1) is 15.6. The molecule has 0 bridgehead atoms. The molecule has 18 heavy (non-hydrogen) atoms. The fourth-order valence-corrected chi connectivity index (χ4v) is 4.52. The number of ether oxygens (including phenoxy) is 1. The van der Waals surface area contributed by atoms with E-state index in [4.69, 9.17) is 10.5 Å². The lowest BCUT2D eigenvalue weighted by atomic mass is 10.2. The second-order valence-corrected chi connectivity index (χ2v) is 6.96. The topological polar surface area (TPSA) is 81.4 Å². The first-order chi connectivity index (χ1) is 8.42. The van der Waals surface area contributed by atoms with Gasteiger partial charge < -0.3 is 10.5 Å². The monoisotopic (exact) mass is 292 g/mol. The van der Waals surface area contributed by atoms with E-state index in [1.54, 1.807) is 14.0 Å². The van der Waals surface area contributed by atoms with Crippen LogP contribution in [-0.4, -0.2) is 28.7 Å². The molecule has 0 saturated heterocycles. The summed E-state index contributed by atoms with van der Waals surface area (Å²) in [6.07, 6.45) is 0. The summed E-state index contributed by atoms with van der Waals surface area (Å²) in [5, 5.41) is 1.81. The number of rotatable bonds is 7. The lowest BCUT2D eigenvalue weighted by molar-refractivity contribution is 0.161. The summed E-state index contributed by atoms with van der Waals surface area (Å²) < 4.78 is 32.0. The van der Waals surface area contributed by atoms with Gasteiger partial charge in [0.05, 0.1) is 0 Å². The van der Waals surface area contributed by atoms with Crippen molar-refractivity contribution in [3.05, 3.63) is 15.8 Å². The fourth-order valence-electron chi connectivity index (χ4n) is 1.66. The molecule has 1 unspecified atom stereocenters. The Balaban J connectivity index is 2.83. The Bertz CT molecular complexity index is 482. The first-order valence-electron chi connectivity index (χ1n) is 5.68. The summed E-state index contributed by atoms with van der Waals surface area (Å²) in [5.74, 6) is 0.130. The molecular formula is C11H20N2O3S2.